The van der Waals surface area contributed by atoms with Gasteiger partial charge in [0.25, 0.3) is 35.4 Å². The summed E-state index contributed by atoms with van der Waals surface area (Å²) in [5, 5.41) is 57.3. The summed E-state index contributed by atoms with van der Waals surface area (Å²) < 4.78 is 24.5. The Morgan fingerprint density at radius 2 is 1.05 bits per heavy atom. The first-order valence-electron chi connectivity index (χ1n) is 27.4. The fourth-order valence-corrected chi connectivity index (χ4v) is 15.8. The lowest BCUT2D eigenvalue weighted by molar-refractivity contribution is -0.373. The van der Waals surface area contributed by atoms with Crippen LogP contribution in [0.5, 0.6) is 0 Å². The van der Waals surface area contributed by atoms with Gasteiger partial charge in [-0.1, -0.05) is 47.1 Å². The SMILES string of the molecule is CC1(C(=O)ON2C(=O)CCC2=O)CCC2(C)CCC3(C)C(=CC(=O)C4C5(C)CCC(OC6OC(C(=O)ON7C(=O)CCC7=O)C(O)C(O)C6OC6OC(C(=O)ON7C(=O)CCC7=O)C(O)C(O)C6O)C(C)(C)C5CCC43C)C2C1. The third kappa shape index (κ3) is 8.98. The van der Waals surface area contributed by atoms with Crippen molar-refractivity contribution in [2.45, 2.75) is 212 Å². The highest BCUT2D eigenvalue weighted by molar-refractivity contribution is 6.03. The molecule has 5 saturated heterocycles. The average Bonchev–Trinajstić information content (AvgIpc) is 4.19. The molecule has 25 heteroatoms. The van der Waals surface area contributed by atoms with Crippen LogP contribution >= 0.6 is 0 Å². The molecule has 0 aromatic rings. The Bertz CT molecular complexity index is 2630. The number of aliphatic hydroxyl groups is 5. The van der Waals surface area contributed by atoms with Crippen LogP contribution in [0.1, 0.15) is 145 Å². The minimum Gasteiger partial charge on any atom is -0.387 e. The number of rotatable bonds is 10. The quantitative estimate of drug-likeness (QED) is 0.149. The summed E-state index contributed by atoms with van der Waals surface area (Å²) in [7, 11) is 0. The van der Waals surface area contributed by atoms with Crippen molar-refractivity contribution in [3.8, 4) is 0 Å². The molecule has 0 aromatic carbocycles. The molecular weight excluding hydrogens is 1040 g/mol. The van der Waals surface area contributed by atoms with Crippen LogP contribution < -0.4 is 0 Å². The fourth-order valence-electron chi connectivity index (χ4n) is 15.8. The number of amides is 6. The lowest BCUT2D eigenvalue weighted by Gasteiger charge is -2.70. The molecule has 6 amide bonds. The summed E-state index contributed by atoms with van der Waals surface area (Å²) in [6, 6.07) is 0. The van der Waals surface area contributed by atoms with Crippen molar-refractivity contribution in [2.24, 2.45) is 50.2 Å². The number of ether oxygens (including phenoxy) is 4. The molecule has 19 unspecified atom stereocenters. The predicted octanol–water partition coefficient (Wildman–Crippen LogP) is 0.813. The molecular formula is C54H71N3O22. The monoisotopic (exact) mass is 1110 g/mol. The van der Waals surface area contributed by atoms with Crippen LogP contribution in [0.3, 0.4) is 0 Å². The van der Waals surface area contributed by atoms with E-state index < -0.39 is 154 Å². The zero-order valence-electron chi connectivity index (χ0n) is 45.3. The highest BCUT2D eigenvalue weighted by Gasteiger charge is 2.71. The van der Waals surface area contributed by atoms with Crippen molar-refractivity contribution < 1.29 is 107 Å². The molecule has 10 rings (SSSR count). The Labute approximate surface area is 454 Å². The summed E-state index contributed by atoms with van der Waals surface area (Å²) in [6.07, 6.45) is -16.8. The van der Waals surface area contributed by atoms with Gasteiger partial charge in [-0.3, -0.25) is 33.6 Å². The zero-order chi connectivity index (χ0) is 57.4. The van der Waals surface area contributed by atoms with Crippen LogP contribution in [0.25, 0.3) is 0 Å². The second-order valence-corrected chi connectivity index (χ2v) is 25.6. The highest BCUT2D eigenvalue weighted by atomic mass is 16.8. The Kier molecular flexibility index (Phi) is 14.3. The van der Waals surface area contributed by atoms with Gasteiger partial charge < -0.3 is 59.0 Å². The molecule has 5 aliphatic heterocycles. The van der Waals surface area contributed by atoms with E-state index in [9.17, 15) is 68.7 Å². The minimum absolute atomic E-state index is 0.0318. The number of ketones is 1. The highest BCUT2D eigenvalue weighted by Crippen LogP contribution is 2.75. The number of nitrogens with zero attached hydrogens (tertiary/aromatic N) is 3. The van der Waals surface area contributed by atoms with Gasteiger partial charge in [-0.2, -0.15) is 0 Å². The van der Waals surface area contributed by atoms with Crippen molar-refractivity contribution in [3.63, 3.8) is 0 Å². The summed E-state index contributed by atoms with van der Waals surface area (Å²) in [5.41, 5.74) is -2.90. The van der Waals surface area contributed by atoms with E-state index in [1.54, 1.807) is 6.92 Å². The van der Waals surface area contributed by atoms with E-state index in [0.717, 1.165) is 18.4 Å². The number of carbonyl (C=O) groups excluding carboxylic acids is 10. The summed E-state index contributed by atoms with van der Waals surface area (Å²) >= 11 is 0. The molecule has 434 valence electrons. The maximum Gasteiger partial charge on any atom is 0.364 e. The molecule has 79 heavy (non-hydrogen) atoms. The van der Waals surface area contributed by atoms with E-state index >= 15 is 4.79 Å². The number of hydrogen-bond acceptors (Lipinski definition) is 22. The topological polar surface area (TPSA) is 346 Å². The van der Waals surface area contributed by atoms with E-state index in [2.05, 4.69) is 27.7 Å². The molecule has 10 aliphatic rings. The molecule has 0 aromatic heterocycles. The van der Waals surface area contributed by atoms with Crippen molar-refractivity contribution in [3.05, 3.63) is 11.6 Å². The van der Waals surface area contributed by atoms with Crippen LogP contribution in [0.15, 0.2) is 11.6 Å². The minimum atomic E-state index is -2.26. The van der Waals surface area contributed by atoms with Crippen molar-refractivity contribution in [2.75, 3.05) is 0 Å². The second kappa shape index (κ2) is 19.8. The third-order valence-electron chi connectivity index (χ3n) is 20.7. The fraction of sp³-hybridized carbons (Fsp3) is 0.778. The van der Waals surface area contributed by atoms with E-state index in [0.29, 0.717) is 43.6 Å². The Balaban J connectivity index is 0.917. The first-order chi connectivity index (χ1) is 36.9. The number of carbonyl (C=O) groups is 10. The van der Waals surface area contributed by atoms with E-state index in [1.165, 1.54) is 0 Å². The first kappa shape index (κ1) is 57.1. The molecule has 5 heterocycles. The Hall–Kier alpha value is -5.12. The molecule has 4 saturated carbocycles. The smallest absolute Gasteiger partial charge is 0.364 e. The molecule has 0 spiro atoms. The van der Waals surface area contributed by atoms with Gasteiger partial charge in [0.1, 0.15) is 36.6 Å². The van der Waals surface area contributed by atoms with E-state index in [-0.39, 0.29) is 78.1 Å². The van der Waals surface area contributed by atoms with Crippen LogP contribution in [0.4, 0.5) is 0 Å². The number of allylic oxidation sites excluding steroid dienone is 2. The number of hydroxylamine groups is 6. The Morgan fingerprint density at radius 1 is 0.557 bits per heavy atom. The average molecular weight is 1110 g/mol. The van der Waals surface area contributed by atoms with Crippen molar-refractivity contribution >= 4 is 59.1 Å². The maximum absolute atomic E-state index is 15.3. The van der Waals surface area contributed by atoms with Crippen molar-refractivity contribution in [1.29, 1.82) is 0 Å². The molecule has 9 fully saturated rings. The van der Waals surface area contributed by atoms with Gasteiger partial charge in [0.15, 0.2) is 30.6 Å². The van der Waals surface area contributed by atoms with Gasteiger partial charge in [-0.15, -0.1) is 15.2 Å². The number of aliphatic hydroxyl groups excluding tert-OH is 5. The lowest BCUT2D eigenvalue weighted by atomic mass is 9.33. The summed E-state index contributed by atoms with van der Waals surface area (Å²) in [5.74, 6) is -9.22. The summed E-state index contributed by atoms with van der Waals surface area (Å²) in [4.78, 5) is 146. The van der Waals surface area contributed by atoms with E-state index in [1.807, 2.05) is 19.9 Å². The van der Waals surface area contributed by atoms with Gasteiger partial charge in [-0.25, -0.2) is 14.4 Å². The summed E-state index contributed by atoms with van der Waals surface area (Å²) in [6.45, 7) is 14.5. The maximum atomic E-state index is 15.3. The molecule has 5 N–H and O–H groups in total. The van der Waals surface area contributed by atoms with Crippen LogP contribution in [-0.4, -0.2) is 167 Å². The number of hydrogen-bond donors (Lipinski definition) is 5. The number of fused-ring (bicyclic) bond motifs is 7. The first-order valence-corrected chi connectivity index (χ1v) is 27.4. The van der Waals surface area contributed by atoms with Gasteiger partial charge in [0.05, 0.1) is 11.5 Å². The molecule has 19 atom stereocenters. The van der Waals surface area contributed by atoms with Gasteiger partial charge in [-0.05, 0) is 110 Å². The lowest BCUT2D eigenvalue weighted by Crippen LogP contribution is -2.68. The standard InChI is InChI=1S/C54H71N3O22/c1-49(2)27-14-17-54(7)43(26(58)22-24-25-23-51(4,19-18-50(25,3)20-21-53(24,54)6)48(72)79-57-33(63)12-13-34(57)64)52(27,5)16-15-28(49)73-47-42(38(68)37(67)41(75-47)45(71)78-56-31(61)10-11-32(56)62)76-46-39(69)35(65)36(66)40(74-46)44(70)77-55-29(59)8-9-30(55)60/h22,25,27-28,35-43,46-47,65-69H,8-21,23H2,1-7H3. The van der Waals surface area contributed by atoms with Gasteiger partial charge in [0, 0.05) is 44.4 Å². The number of imide groups is 3. The van der Waals surface area contributed by atoms with E-state index in [4.69, 9.17) is 33.5 Å². The normalized spacial score (nSPS) is 44.9. The third-order valence-corrected chi connectivity index (χ3v) is 20.7. The van der Waals surface area contributed by atoms with Crippen molar-refractivity contribution in [1.82, 2.24) is 15.2 Å². The Morgan fingerprint density at radius 3 is 1.59 bits per heavy atom. The van der Waals surface area contributed by atoms with Gasteiger partial charge >= 0.3 is 17.9 Å². The molecule has 25 nitrogen and oxygen atoms in total. The second-order valence-electron chi connectivity index (χ2n) is 25.6. The molecule has 5 aliphatic carbocycles. The van der Waals surface area contributed by atoms with Crippen LogP contribution in [0, 0.1) is 50.2 Å². The van der Waals surface area contributed by atoms with Crippen LogP contribution in [-0.2, 0) is 81.4 Å². The van der Waals surface area contributed by atoms with Gasteiger partial charge in [0.2, 0.25) is 0 Å². The zero-order valence-corrected chi connectivity index (χ0v) is 45.3. The molecule has 0 radical (unpaired) electrons. The molecule has 0 bridgehead atoms. The predicted molar refractivity (Wildman–Crippen MR) is 258 cm³/mol. The van der Waals surface area contributed by atoms with Crippen LogP contribution in [0.2, 0.25) is 0 Å². The largest absolute Gasteiger partial charge is 0.387 e.